The predicted molar refractivity (Wildman–Crippen MR) is 83.0 cm³/mol. The molecular formula is C17H29N3O. The van der Waals surface area contributed by atoms with Gasteiger partial charge in [0.2, 0.25) is 5.91 Å². The molecule has 4 aliphatic rings. The minimum atomic E-state index is 0.362. The molecule has 2 unspecified atom stereocenters. The van der Waals surface area contributed by atoms with Gasteiger partial charge in [-0.3, -0.25) is 4.79 Å². The van der Waals surface area contributed by atoms with Gasteiger partial charge in [0.1, 0.15) is 0 Å². The zero-order chi connectivity index (χ0) is 14.3. The second-order valence-corrected chi connectivity index (χ2v) is 7.73. The Labute approximate surface area is 128 Å². The average molecular weight is 291 g/mol. The summed E-state index contributed by atoms with van der Waals surface area (Å²) in [6, 6.07) is 0.735. The molecular weight excluding hydrogens is 262 g/mol. The number of piperidine rings is 2. The summed E-state index contributed by atoms with van der Waals surface area (Å²) in [5.74, 6) is 1.65. The molecule has 2 N–H and O–H groups in total. The van der Waals surface area contributed by atoms with Crippen molar-refractivity contribution in [1.29, 1.82) is 0 Å². The van der Waals surface area contributed by atoms with E-state index in [1.165, 1.54) is 45.1 Å². The Morgan fingerprint density at radius 3 is 2.48 bits per heavy atom. The third-order valence-corrected chi connectivity index (χ3v) is 6.61. The summed E-state index contributed by atoms with van der Waals surface area (Å²) in [6.45, 7) is 5.43. The Morgan fingerprint density at radius 1 is 1.05 bits per heavy atom. The maximum Gasteiger partial charge on any atom is 0.226 e. The molecule has 4 nitrogen and oxygen atoms in total. The summed E-state index contributed by atoms with van der Waals surface area (Å²) in [5.41, 5.74) is 0.395. The molecule has 118 valence electrons. The molecule has 0 bridgehead atoms. The average Bonchev–Trinajstić information content (AvgIpc) is 2.99. The molecule has 0 aromatic carbocycles. The van der Waals surface area contributed by atoms with Crippen LogP contribution in [0.5, 0.6) is 0 Å². The SMILES string of the molecule is O=C(C1CC12CCNCC2)N1CCC(C2CCCN2)CC1. The van der Waals surface area contributed by atoms with Gasteiger partial charge in [0, 0.05) is 25.0 Å². The van der Waals surface area contributed by atoms with Crippen molar-refractivity contribution in [2.75, 3.05) is 32.7 Å². The third-order valence-electron chi connectivity index (χ3n) is 6.61. The van der Waals surface area contributed by atoms with Gasteiger partial charge in [-0.1, -0.05) is 0 Å². The second kappa shape index (κ2) is 5.54. The highest BCUT2D eigenvalue weighted by atomic mass is 16.2. The molecule has 4 rings (SSSR count). The van der Waals surface area contributed by atoms with Crippen LogP contribution >= 0.6 is 0 Å². The fourth-order valence-electron chi connectivity index (χ4n) is 5.03. The fourth-order valence-corrected chi connectivity index (χ4v) is 5.03. The zero-order valence-corrected chi connectivity index (χ0v) is 13.1. The van der Waals surface area contributed by atoms with Crippen molar-refractivity contribution in [3.8, 4) is 0 Å². The fraction of sp³-hybridized carbons (Fsp3) is 0.941. The van der Waals surface area contributed by atoms with Crippen molar-refractivity contribution in [1.82, 2.24) is 15.5 Å². The van der Waals surface area contributed by atoms with E-state index in [-0.39, 0.29) is 0 Å². The van der Waals surface area contributed by atoms with Crippen LogP contribution in [-0.2, 0) is 4.79 Å². The molecule has 1 aliphatic carbocycles. The largest absolute Gasteiger partial charge is 0.342 e. The normalized spacial score (nSPS) is 36.1. The van der Waals surface area contributed by atoms with Gasteiger partial charge < -0.3 is 15.5 Å². The molecule has 0 radical (unpaired) electrons. The van der Waals surface area contributed by atoms with Gasteiger partial charge in [-0.15, -0.1) is 0 Å². The molecule has 1 spiro atoms. The van der Waals surface area contributed by atoms with E-state index in [1.807, 2.05) is 0 Å². The van der Waals surface area contributed by atoms with Gasteiger partial charge in [-0.25, -0.2) is 0 Å². The predicted octanol–water partition coefficient (Wildman–Crippen LogP) is 1.37. The number of likely N-dealkylation sites (tertiary alicyclic amines) is 1. The van der Waals surface area contributed by atoms with E-state index in [4.69, 9.17) is 0 Å². The van der Waals surface area contributed by atoms with Crippen LogP contribution < -0.4 is 10.6 Å². The van der Waals surface area contributed by atoms with E-state index in [1.54, 1.807) is 0 Å². The first-order chi connectivity index (χ1) is 10.3. The first-order valence-corrected chi connectivity index (χ1v) is 9.01. The Balaban J connectivity index is 1.29. The highest BCUT2D eigenvalue weighted by molar-refractivity contribution is 5.82. The molecule has 3 heterocycles. The summed E-state index contributed by atoms with van der Waals surface area (Å²) in [4.78, 5) is 14.9. The first-order valence-electron chi connectivity index (χ1n) is 9.01. The van der Waals surface area contributed by atoms with Gasteiger partial charge >= 0.3 is 0 Å². The number of carbonyl (C=O) groups excluding carboxylic acids is 1. The Bertz CT molecular complexity index is 391. The van der Waals surface area contributed by atoms with E-state index < -0.39 is 0 Å². The standard InChI is InChI=1S/C17H29N3O/c21-16(14-12-17(14)5-8-18-9-6-17)20-10-3-13(4-11-20)15-2-1-7-19-15/h13-15,18-19H,1-12H2. The van der Waals surface area contributed by atoms with Crippen molar-refractivity contribution < 1.29 is 4.79 Å². The van der Waals surface area contributed by atoms with Crippen LogP contribution in [0.25, 0.3) is 0 Å². The van der Waals surface area contributed by atoms with Crippen LogP contribution in [0.15, 0.2) is 0 Å². The number of nitrogens with one attached hydrogen (secondary N) is 2. The van der Waals surface area contributed by atoms with E-state index in [9.17, 15) is 4.79 Å². The Morgan fingerprint density at radius 2 is 1.81 bits per heavy atom. The van der Waals surface area contributed by atoms with Crippen molar-refractivity contribution in [2.45, 2.75) is 51.0 Å². The van der Waals surface area contributed by atoms with Gasteiger partial charge in [0.05, 0.1) is 0 Å². The molecule has 21 heavy (non-hydrogen) atoms. The Kier molecular flexibility index (Phi) is 3.70. The van der Waals surface area contributed by atoms with Crippen LogP contribution in [-0.4, -0.2) is 49.6 Å². The second-order valence-electron chi connectivity index (χ2n) is 7.73. The molecule has 3 aliphatic heterocycles. The van der Waals surface area contributed by atoms with Crippen molar-refractivity contribution >= 4 is 5.91 Å². The molecule has 3 saturated heterocycles. The Hall–Kier alpha value is -0.610. The summed E-state index contributed by atoms with van der Waals surface area (Å²) in [6.07, 6.45) is 8.70. The molecule has 0 aromatic rings. The summed E-state index contributed by atoms with van der Waals surface area (Å²) in [7, 11) is 0. The van der Waals surface area contributed by atoms with Crippen molar-refractivity contribution in [2.24, 2.45) is 17.3 Å². The number of carbonyl (C=O) groups is 1. The molecule has 1 amide bonds. The van der Waals surface area contributed by atoms with Crippen LogP contribution in [0.2, 0.25) is 0 Å². The third kappa shape index (κ3) is 2.61. The molecule has 0 aromatic heterocycles. The monoisotopic (exact) mass is 291 g/mol. The van der Waals surface area contributed by atoms with Gasteiger partial charge in [0.15, 0.2) is 0 Å². The number of amides is 1. The van der Waals surface area contributed by atoms with E-state index in [0.29, 0.717) is 17.2 Å². The van der Waals surface area contributed by atoms with Crippen LogP contribution in [0, 0.1) is 17.3 Å². The highest BCUT2D eigenvalue weighted by Gasteiger charge is 2.58. The lowest BCUT2D eigenvalue weighted by atomic mass is 9.87. The lowest BCUT2D eigenvalue weighted by Crippen LogP contribution is -2.44. The van der Waals surface area contributed by atoms with Crippen LogP contribution in [0.1, 0.15) is 44.9 Å². The first kappa shape index (κ1) is 14.0. The number of nitrogens with zero attached hydrogens (tertiary/aromatic N) is 1. The highest BCUT2D eigenvalue weighted by Crippen LogP contribution is 2.59. The molecule has 2 atom stereocenters. The zero-order valence-electron chi connectivity index (χ0n) is 13.1. The lowest BCUT2D eigenvalue weighted by Gasteiger charge is -2.35. The maximum atomic E-state index is 12.8. The van der Waals surface area contributed by atoms with Gasteiger partial charge in [0.25, 0.3) is 0 Å². The smallest absolute Gasteiger partial charge is 0.226 e. The topological polar surface area (TPSA) is 44.4 Å². The van der Waals surface area contributed by atoms with E-state index >= 15 is 0 Å². The van der Waals surface area contributed by atoms with Crippen molar-refractivity contribution in [3.63, 3.8) is 0 Å². The van der Waals surface area contributed by atoms with Crippen LogP contribution in [0.3, 0.4) is 0 Å². The van der Waals surface area contributed by atoms with Crippen molar-refractivity contribution in [3.05, 3.63) is 0 Å². The molecule has 4 fully saturated rings. The minimum Gasteiger partial charge on any atom is -0.342 e. The molecule has 1 saturated carbocycles. The van der Waals surface area contributed by atoms with Gasteiger partial charge in [-0.05, 0) is 75.9 Å². The summed E-state index contributed by atoms with van der Waals surface area (Å²) in [5, 5.41) is 7.07. The quantitative estimate of drug-likeness (QED) is 0.807. The summed E-state index contributed by atoms with van der Waals surface area (Å²) < 4.78 is 0. The maximum absolute atomic E-state index is 12.8. The van der Waals surface area contributed by atoms with Gasteiger partial charge in [-0.2, -0.15) is 0 Å². The number of hydrogen-bond acceptors (Lipinski definition) is 3. The van der Waals surface area contributed by atoms with E-state index in [0.717, 1.165) is 44.6 Å². The van der Waals surface area contributed by atoms with E-state index in [2.05, 4.69) is 15.5 Å². The van der Waals surface area contributed by atoms with Crippen LogP contribution in [0.4, 0.5) is 0 Å². The minimum absolute atomic E-state index is 0.362. The number of hydrogen-bond donors (Lipinski definition) is 2. The molecule has 4 heteroatoms. The number of rotatable bonds is 2. The lowest BCUT2D eigenvalue weighted by molar-refractivity contribution is -0.135. The summed E-state index contributed by atoms with van der Waals surface area (Å²) >= 11 is 0.